The quantitative estimate of drug-likeness (QED) is 0.470. The molecule has 1 fully saturated rings. The minimum absolute atomic E-state index is 0.0710. The van der Waals surface area contributed by atoms with Gasteiger partial charge in [0.15, 0.2) is 0 Å². The topological polar surface area (TPSA) is 58.6 Å². The summed E-state index contributed by atoms with van der Waals surface area (Å²) in [7, 11) is 1.63. The second-order valence-corrected chi connectivity index (χ2v) is 10.0. The summed E-state index contributed by atoms with van der Waals surface area (Å²) in [5.41, 5.74) is 0.879. The van der Waals surface area contributed by atoms with E-state index in [1.54, 1.807) is 23.3 Å². The lowest BCUT2D eigenvalue weighted by Gasteiger charge is -2.32. The van der Waals surface area contributed by atoms with Crippen molar-refractivity contribution in [2.24, 2.45) is 0 Å². The average Bonchev–Trinajstić information content (AvgIpc) is 3.58. The summed E-state index contributed by atoms with van der Waals surface area (Å²) >= 11 is 3.06. The van der Waals surface area contributed by atoms with Gasteiger partial charge >= 0.3 is 0 Å². The maximum absolute atomic E-state index is 13.6. The molecule has 2 amide bonds. The van der Waals surface area contributed by atoms with Gasteiger partial charge in [-0.25, -0.2) is 0 Å². The van der Waals surface area contributed by atoms with E-state index in [4.69, 9.17) is 4.74 Å². The lowest BCUT2D eigenvalue weighted by atomic mass is 10.1. The fraction of sp³-hybridized carbons (Fsp3) is 0.360. The fourth-order valence-corrected chi connectivity index (χ4v) is 5.76. The predicted molar refractivity (Wildman–Crippen MR) is 129 cm³/mol. The van der Waals surface area contributed by atoms with Crippen LogP contribution in [0.1, 0.15) is 47.0 Å². The van der Waals surface area contributed by atoms with Crippen LogP contribution in [0.15, 0.2) is 59.3 Å². The van der Waals surface area contributed by atoms with E-state index in [1.165, 1.54) is 11.3 Å². The molecule has 0 aliphatic heterocycles. The van der Waals surface area contributed by atoms with Crippen LogP contribution in [0.5, 0.6) is 5.75 Å². The van der Waals surface area contributed by atoms with Crippen LogP contribution in [0.2, 0.25) is 0 Å². The molecule has 0 bridgehead atoms. The van der Waals surface area contributed by atoms with Gasteiger partial charge in [-0.2, -0.15) is 0 Å². The molecule has 2 aromatic heterocycles. The second-order valence-electron chi connectivity index (χ2n) is 8.00. The largest absolute Gasteiger partial charge is 0.496 e. The first-order valence-corrected chi connectivity index (χ1v) is 12.7. The molecule has 0 radical (unpaired) electrons. The Kier molecular flexibility index (Phi) is 7.60. The summed E-state index contributed by atoms with van der Waals surface area (Å²) in [5, 5.41) is 7.14. The highest BCUT2D eigenvalue weighted by atomic mass is 32.1. The summed E-state index contributed by atoms with van der Waals surface area (Å²) in [6, 6.07) is 15.0. The Morgan fingerprint density at radius 3 is 2.50 bits per heavy atom. The molecular formula is C25H28N2O3S2. The summed E-state index contributed by atoms with van der Waals surface area (Å²) in [4.78, 5) is 30.7. The number of hydrogen-bond donors (Lipinski definition) is 1. The van der Waals surface area contributed by atoms with Crippen molar-refractivity contribution in [3.8, 4) is 5.75 Å². The highest BCUT2D eigenvalue weighted by Gasteiger charge is 2.34. The normalized spacial score (nSPS) is 14.8. The number of methoxy groups -OCH3 is 1. The smallest absolute Gasteiger partial charge is 0.248 e. The molecule has 32 heavy (non-hydrogen) atoms. The lowest BCUT2D eigenvalue weighted by molar-refractivity contribution is -0.141. The van der Waals surface area contributed by atoms with Crippen molar-refractivity contribution in [2.45, 2.75) is 50.7 Å². The van der Waals surface area contributed by atoms with E-state index in [0.29, 0.717) is 12.3 Å². The number of carbonyl (C=O) groups is 2. The lowest BCUT2D eigenvalue weighted by Crippen LogP contribution is -2.46. The monoisotopic (exact) mass is 468 g/mol. The van der Waals surface area contributed by atoms with Crippen molar-refractivity contribution in [1.29, 1.82) is 0 Å². The number of amides is 2. The van der Waals surface area contributed by atoms with Gasteiger partial charge in [0.05, 0.1) is 20.1 Å². The zero-order valence-corrected chi connectivity index (χ0v) is 19.8. The van der Waals surface area contributed by atoms with E-state index in [0.717, 1.165) is 41.0 Å². The van der Waals surface area contributed by atoms with Crippen LogP contribution in [0.25, 0.3) is 0 Å². The Balaban J connectivity index is 1.68. The molecule has 1 saturated carbocycles. The van der Waals surface area contributed by atoms with Gasteiger partial charge in [-0.1, -0.05) is 43.2 Å². The van der Waals surface area contributed by atoms with Crippen LogP contribution in [0, 0.1) is 0 Å². The zero-order chi connectivity index (χ0) is 22.3. The van der Waals surface area contributed by atoms with Gasteiger partial charge in [0.2, 0.25) is 11.8 Å². The van der Waals surface area contributed by atoms with Gasteiger partial charge in [-0.05, 0) is 41.8 Å². The first-order valence-electron chi connectivity index (χ1n) is 10.9. The van der Waals surface area contributed by atoms with Gasteiger partial charge in [-0.3, -0.25) is 9.59 Å². The molecular weight excluding hydrogens is 440 g/mol. The highest BCUT2D eigenvalue weighted by molar-refractivity contribution is 7.10. The zero-order valence-electron chi connectivity index (χ0n) is 18.2. The number of benzene rings is 1. The Bertz CT molecular complexity index is 1010. The molecule has 4 rings (SSSR count). The van der Waals surface area contributed by atoms with Crippen molar-refractivity contribution in [1.82, 2.24) is 10.2 Å². The molecule has 1 N–H and O–H groups in total. The summed E-state index contributed by atoms with van der Waals surface area (Å²) < 4.78 is 5.54. The SMILES string of the molecule is COc1ccccc1CN(C(=O)Cc1cccs1)C(C(=O)NC1CCCC1)c1cccs1. The number of nitrogens with one attached hydrogen (secondary N) is 1. The van der Waals surface area contributed by atoms with E-state index < -0.39 is 6.04 Å². The fourth-order valence-electron chi connectivity index (χ4n) is 4.23. The van der Waals surface area contributed by atoms with Gasteiger partial charge in [0.1, 0.15) is 11.8 Å². The van der Waals surface area contributed by atoms with Crippen molar-refractivity contribution in [3.05, 3.63) is 74.6 Å². The Morgan fingerprint density at radius 1 is 1.06 bits per heavy atom. The number of nitrogens with zero attached hydrogens (tertiary/aromatic N) is 1. The summed E-state index contributed by atoms with van der Waals surface area (Å²) in [6.07, 6.45) is 4.54. The van der Waals surface area contributed by atoms with Crippen LogP contribution < -0.4 is 10.1 Å². The molecule has 0 spiro atoms. The Morgan fingerprint density at radius 2 is 1.81 bits per heavy atom. The van der Waals surface area contributed by atoms with Gasteiger partial charge < -0.3 is 15.0 Å². The molecule has 1 aromatic carbocycles. The number of rotatable bonds is 9. The second kappa shape index (κ2) is 10.8. The number of para-hydroxylation sites is 1. The molecule has 7 heteroatoms. The summed E-state index contributed by atoms with van der Waals surface area (Å²) in [6.45, 7) is 0.300. The molecule has 3 aromatic rings. The van der Waals surface area contributed by atoms with Crippen molar-refractivity contribution < 1.29 is 14.3 Å². The molecule has 5 nitrogen and oxygen atoms in total. The average molecular weight is 469 g/mol. The number of thiophene rings is 2. The molecule has 1 atom stereocenters. The van der Waals surface area contributed by atoms with E-state index >= 15 is 0 Å². The van der Waals surface area contributed by atoms with Crippen LogP contribution in [0.4, 0.5) is 0 Å². The standard InChI is InChI=1S/C25H28N2O3S2/c1-30-21-12-5-2-8-18(21)17-27(23(28)16-20-11-6-14-31-20)24(22-13-7-15-32-22)25(29)26-19-9-3-4-10-19/h2,5-8,11-15,19,24H,3-4,9-10,16-17H2,1H3,(H,26,29). The van der Waals surface area contributed by atoms with Gasteiger partial charge in [0.25, 0.3) is 0 Å². The van der Waals surface area contributed by atoms with Crippen LogP contribution >= 0.6 is 22.7 Å². The van der Waals surface area contributed by atoms with Crippen LogP contribution in [-0.4, -0.2) is 29.9 Å². The molecule has 168 valence electrons. The Labute approximate surface area is 197 Å². The van der Waals surface area contributed by atoms with Crippen molar-refractivity contribution in [2.75, 3.05) is 7.11 Å². The minimum atomic E-state index is -0.673. The van der Waals surface area contributed by atoms with E-state index in [1.807, 2.05) is 59.3 Å². The van der Waals surface area contributed by atoms with Crippen LogP contribution in [0.3, 0.4) is 0 Å². The maximum atomic E-state index is 13.6. The maximum Gasteiger partial charge on any atom is 0.248 e. The first-order chi connectivity index (χ1) is 15.7. The predicted octanol–water partition coefficient (Wildman–Crippen LogP) is 5.19. The third kappa shape index (κ3) is 5.40. The van der Waals surface area contributed by atoms with Gasteiger partial charge in [-0.15, -0.1) is 22.7 Å². The molecule has 1 aliphatic rings. The number of hydrogen-bond acceptors (Lipinski definition) is 5. The molecule has 2 heterocycles. The third-order valence-electron chi connectivity index (χ3n) is 5.83. The van der Waals surface area contributed by atoms with Crippen molar-refractivity contribution >= 4 is 34.5 Å². The van der Waals surface area contributed by atoms with E-state index in [9.17, 15) is 9.59 Å². The first kappa shape index (κ1) is 22.6. The Hall–Kier alpha value is -2.64. The molecule has 1 unspecified atom stereocenters. The van der Waals surface area contributed by atoms with Crippen molar-refractivity contribution in [3.63, 3.8) is 0 Å². The van der Waals surface area contributed by atoms with E-state index in [2.05, 4.69) is 5.32 Å². The highest BCUT2D eigenvalue weighted by Crippen LogP contribution is 2.31. The van der Waals surface area contributed by atoms with E-state index in [-0.39, 0.29) is 24.3 Å². The molecule has 0 saturated heterocycles. The van der Waals surface area contributed by atoms with Crippen LogP contribution in [-0.2, 0) is 22.6 Å². The number of ether oxygens (including phenoxy) is 1. The molecule has 1 aliphatic carbocycles. The van der Waals surface area contributed by atoms with Gasteiger partial charge in [0, 0.05) is 21.4 Å². The third-order valence-corrected chi connectivity index (χ3v) is 7.63. The summed E-state index contributed by atoms with van der Waals surface area (Å²) in [5.74, 6) is 0.537. The number of carbonyl (C=O) groups excluding carboxylic acids is 2. The minimum Gasteiger partial charge on any atom is -0.496 e.